The van der Waals surface area contributed by atoms with Crippen LogP contribution in [0.25, 0.3) is 0 Å². The molecule has 1 saturated carbocycles. The first-order valence-electron chi connectivity index (χ1n) is 10.5. The number of hydrazine groups is 1. The molecule has 3 heterocycles. The highest BCUT2D eigenvalue weighted by atomic mass is 35.5. The summed E-state index contributed by atoms with van der Waals surface area (Å²) in [4.78, 5) is 46.1. The molecule has 10 heteroatoms. The fourth-order valence-electron chi connectivity index (χ4n) is 4.41. The van der Waals surface area contributed by atoms with Crippen molar-refractivity contribution in [3.63, 3.8) is 0 Å². The van der Waals surface area contributed by atoms with Crippen LogP contribution < -0.4 is 15.6 Å². The van der Waals surface area contributed by atoms with E-state index in [9.17, 15) is 14.4 Å². The summed E-state index contributed by atoms with van der Waals surface area (Å²) in [5.74, 6) is 0.241. The number of piperazine rings is 1. The molecular formula is C20H27ClN6O3. The third-order valence-electron chi connectivity index (χ3n) is 6.17. The Morgan fingerprint density at radius 1 is 1.13 bits per heavy atom. The van der Waals surface area contributed by atoms with Crippen LogP contribution in [0, 0.1) is 0 Å². The molecule has 0 radical (unpaired) electrons. The SMILES string of the molecule is O=C(CCN1CCN(c2ccc(Cl)cn2)CC1)NN1C(=O)NC2(CCCCC2)C1=O. The fraction of sp³-hybridized carbons (Fsp3) is 0.600. The first kappa shape index (κ1) is 20.9. The minimum atomic E-state index is -0.825. The number of anilines is 1. The van der Waals surface area contributed by atoms with Crippen LogP contribution in [0.4, 0.5) is 10.6 Å². The van der Waals surface area contributed by atoms with E-state index in [0.29, 0.717) is 24.4 Å². The average Bonchev–Trinajstić information content (AvgIpc) is 2.97. The van der Waals surface area contributed by atoms with Gasteiger partial charge in [0.05, 0.1) is 5.02 Å². The number of nitrogens with zero attached hydrogens (tertiary/aromatic N) is 4. The van der Waals surface area contributed by atoms with Gasteiger partial charge in [-0.2, -0.15) is 5.01 Å². The molecule has 0 atom stereocenters. The Balaban J connectivity index is 1.22. The van der Waals surface area contributed by atoms with Gasteiger partial charge in [-0.1, -0.05) is 30.9 Å². The Morgan fingerprint density at radius 3 is 2.53 bits per heavy atom. The molecule has 1 aliphatic carbocycles. The zero-order valence-electron chi connectivity index (χ0n) is 16.9. The van der Waals surface area contributed by atoms with Crippen LogP contribution >= 0.6 is 11.6 Å². The van der Waals surface area contributed by atoms with Gasteiger partial charge in [-0.15, -0.1) is 0 Å². The van der Waals surface area contributed by atoms with Crippen LogP contribution in [-0.2, 0) is 9.59 Å². The van der Waals surface area contributed by atoms with Gasteiger partial charge in [0.15, 0.2) is 0 Å². The van der Waals surface area contributed by atoms with E-state index in [0.717, 1.165) is 56.3 Å². The minimum absolute atomic E-state index is 0.225. The smallest absolute Gasteiger partial charge is 0.344 e. The molecule has 2 N–H and O–H groups in total. The van der Waals surface area contributed by atoms with Crippen LogP contribution in [0.5, 0.6) is 0 Å². The molecule has 162 valence electrons. The summed E-state index contributed by atoms with van der Waals surface area (Å²) >= 11 is 5.89. The van der Waals surface area contributed by atoms with E-state index in [1.54, 1.807) is 6.20 Å². The molecule has 30 heavy (non-hydrogen) atoms. The van der Waals surface area contributed by atoms with Crippen molar-refractivity contribution in [1.82, 2.24) is 25.6 Å². The molecule has 3 aliphatic rings. The van der Waals surface area contributed by atoms with Gasteiger partial charge in [-0.05, 0) is 25.0 Å². The van der Waals surface area contributed by atoms with Crippen molar-refractivity contribution in [3.8, 4) is 0 Å². The molecule has 0 aromatic carbocycles. The largest absolute Gasteiger partial charge is 0.354 e. The number of amides is 4. The van der Waals surface area contributed by atoms with E-state index >= 15 is 0 Å². The highest BCUT2D eigenvalue weighted by Crippen LogP contribution is 2.33. The van der Waals surface area contributed by atoms with Crippen molar-refractivity contribution < 1.29 is 14.4 Å². The Labute approximate surface area is 180 Å². The van der Waals surface area contributed by atoms with Gasteiger partial charge in [0.1, 0.15) is 11.4 Å². The number of aromatic nitrogens is 1. The van der Waals surface area contributed by atoms with Gasteiger partial charge in [0.25, 0.3) is 5.91 Å². The first-order chi connectivity index (χ1) is 14.5. The summed E-state index contributed by atoms with van der Waals surface area (Å²) in [6.45, 7) is 3.81. The van der Waals surface area contributed by atoms with E-state index in [1.165, 1.54) is 0 Å². The number of carbonyl (C=O) groups excluding carboxylic acids is 3. The highest BCUT2D eigenvalue weighted by molar-refractivity contribution is 6.30. The second-order valence-electron chi connectivity index (χ2n) is 8.16. The molecule has 1 aromatic heterocycles. The van der Waals surface area contributed by atoms with E-state index in [4.69, 9.17) is 11.6 Å². The first-order valence-corrected chi connectivity index (χ1v) is 10.9. The van der Waals surface area contributed by atoms with Crippen LogP contribution in [0.15, 0.2) is 18.3 Å². The van der Waals surface area contributed by atoms with Gasteiger partial charge in [0.2, 0.25) is 5.91 Å². The predicted molar refractivity (Wildman–Crippen MR) is 112 cm³/mol. The number of carbonyl (C=O) groups is 3. The van der Waals surface area contributed by atoms with Crippen molar-refractivity contribution in [2.24, 2.45) is 0 Å². The van der Waals surface area contributed by atoms with Gasteiger partial charge >= 0.3 is 6.03 Å². The molecule has 9 nitrogen and oxygen atoms in total. The second kappa shape index (κ2) is 8.77. The number of hydrogen-bond acceptors (Lipinski definition) is 6. The van der Waals surface area contributed by atoms with E-state index in [1.807, 2.05) is 12.1 Å². The summed E-state index contributed by atoms with van der Waals surface area (Å²) in [5.41, 5.74) is 1.68. The third-order valence-corrected chi connectivity index (χ3v) is 6.39. The monoisotopic (exact) mass is 434 g/mol. The Hall–Kier alpha value is -2.39. The van der Waals surface area contributed by atoms with Crippen molar-refractivity contribution >= 4 is 35.3 Å². The third kappa shape index (κ3) is 4.37. The van der Waals surface area contributed by atoms with Crippen LogP contribution in [0.2, 0.25) is 5.02 Å². The highest BCUT2D eigenvalue weighted by Gasteiger charge is 2.52. The summed E-state index contributed by atoms with van der Waals surface area (Å²) in [6, 6.07) is 3.20. The normalized spacial score (nSPS) is 21.8. The molecule has 0 bridgehead atoms. The Kier molecular flexibility index (Phi) is 6.10. The Bertz CT molecular complexity index is 803. The zero-order valence-corrected chi connectivity index (χ0v) is 17.7. The second-order valence-corrected chi connectivity index (χ2v) is 8.60. The molecule has 2 saturated heterocycles. The van der Waals surface area contributed by atoms with Crippen LogP contribution in [-0.4, -0.2) is 71.0 Å². The molecule has 0 unspecified atom stereocenters. The number of nitrogens with one attached hydrogen (secondary N) is 2. The van der Waals surface area contributed by atoms with Gasteiger partial charge in [-0.3, -0.25) is 19.9 Å². The van der Waals surface area contributed by atoms with E-state index in [2.05, 4.69) is 25.5 Å². The van der Waals surface area contributed by atoms with E-state index in [-0.39, 0.29) is 18.2 Å². The standard InChI is InChI=1S/C20H27ClN6O3/c21-15-4-5-16(22-14-15)26-12-10-25(11-13-26)9-6-17(28)24-27-18(29)20(23-19(27)30)7-2-1-3-8-20/h4-5,14H,1-3,6-13H2,(H,23,30)(H,24,28). The fourth-order valence-corrected chi connectivity index (χ4v) is 4.52. The number of halogens is 1. The lowest BCUT2D eigenvalue weighted by atomic mass is 9.82. The van der Waals surface area contributed by atoms with Gasteiger partial charge in [0, 0.05) is 45.3 Å². The average molecular weight is 435 g/mol. The topological polar surface area (TPSA) is 97.9 Å². The molecule has 1 aromatic rings. The van der Waals surface area contributed by atoms with Gasteiger partial charge in [-0.25, -0.2) is 9.78 Å². The molecule has 1 spiro atoms. The predicted octanol–water partition coefficient (Wildman–Crippen LogP) is 1.53. The quantitative estimate of drug-likeness (QED) is 0.682. The number of imide groups is 1. The molecule has 4 rings (SSSR count). The molecule has 2 aliphatic heterocycles. The zero-order chi connectivity index (χ0) is 21.1. The summed E-state index contributed by atoms with van der Waals surface area (Å²) in [6.07, 6.45) is 6.02. The molecule has 3 fully saturated rings. The van der Waals surface area contributed by atoms with Crippen LogP contribution in [0.3, 0.4) is 0 Å². The maximum Gasteiger partial charge on any atom is 0.344 e. The molecular weight excluding hydrogens is 408 g/mol. The van der Waals surface area contributed by atoms with Crippen molar-refractivity contribution in [3.05, 3.63) is 23.4 Å². The van der Waals surface area contributed by atoms with Crippen molar-refractivity contribution in [1.29, 1.82) is 0 Å². The Morgan fingerprint density at radius 2 is 1.87 bits per heavy atom. The lowest BCUT2D eigenvalue weighted by Gasteiger charge is -2.35. The van der Waals surface area contributed by atoms with Gasteiger partial charge < -0.3 is 10.2 Å². The van der Waals surface area contributed by atoms with E-state index < -0.39 is 11.6 Å². The number of pyridine rings is 1. The maximum absolute atomic E-state index is 12.7. The van der Waals surface area contributed by atoms with Crippen molar-refractivity contribution in [2.75, 3.05) is 37.6 Å². The summed E-state index contributed by atoms with van der Waals surface area (Å²) < 4.78 is 0. The molecule has 4 amide bonds. The van der Waals surface area contributed by atoms with Crippen molar-refractivity contribution in [2.45, 2.75) is 44.1 Å². The lowest BCUT2D eigenvalue weighted by Crippen LogP contribution is -2.51. The maximum atomic E-state index is 12.7. The number of urea groups is 1. The minimum Gasteiger partial charge on any atom is -0.354 e. The summed E-state index contributed by atoms with van der Waals surface area (Å²) in [5, 5.41) is 4.28. The van der Waals surface area contributed by atoms with Crippen LogP contribution in [0.1, 0.15) is 38.5 Å². The number of hydrogen-bond donors (Lipinski definition) is 2. The number of rotatable bonds is 5. The summed E-state index contributed by atoms with van der Waals surface area (Å²) in [7, 11) is 0. The lowest BCUT2D eigenvalue weighted by molar-refractivity contribution is -0.140.